The molecule has 3 rings (SSSR count). The first-order valence-corrected chi connectivity index (χ1v) is 10.1. The molecule has 0 radical (unpaired) electrons. The van der Waals surface area contributed by atoms with Crippen LogP contribution in [0.5, 0.6) is 0 Å². The van der Waals surface area contributed by atoms with Crippen LogP contribution in [0.2, 0.25) is 5.02 Å². The van der Waals surface area contributed by atoms with E-state index in [1.165, 1.54) is 11.6 Å². The highest BCUT2D eigenvalue weighted by Gasteiger charge is 2.13. The topological polar surface area (TPSA) is 54.6 Å². The average molecular weight is 409 g/mol. The number of aliphatic imine (C=N–C) groups is 1. The number of benzene rings is 2. The van der Waals surface area contributed by atoms with Crippen molar-refractivity contribution < 1.29 is 9.90 Å². The van der Waals surface area contributed by atoms with Crippen LogP contribution >= 0.6 is 11.6 Å². The van der Waals surface area contributed by atoms with Crippen LogP contribution in [0.15, 0.2) is 53.5 Å². The van der Waals surface area contributed by atoms with E-state index in [1.54, 1.807) is 12.1 Å². The summed E-state index contributed by atoms with van der Waals surface area (Å²) in [7, 11) is 0. The molecule has 150 valence electrons. The van der Waals surface area contributed by atoms with E-state index in [0.29, 0.717) is 5.92 Å². The lowest BCUT2D eigenvalue weighted by Crippen LogP contribution is -2.02. The monoisotopic (exact) mass is 408 g/mol. The van der Waals surface area contributed by atoms with Gasteiger partial charge in [-0.05, 0) is 68.1 Å². The minimum absolute atomic E-state index is 0.0977. The van der Waals surface area contributed by atoms with Gasteiger partial charge in [0.25, 0.3) is 0 Å². The van der Waals surface area contributed by atoms with Gasteiger partial charge in [-0.2, -0.15) is 0 Å². The minimum atomic E-state index is -1.03. The zero-order valence-corrected chi connectivity index (χ0v) is 17.9. The van der Waals surface area contributed by atoms with Crippen molar-refractivity contribution >= 4 is 29.5 Å². The molecule has 0 bridgehead atoms. The van der Waals surface area contributed by atoms with Gasteiger partial charge >= 0.3 is 5.97 Å². The Balaban J connectivity index is 1.89. The Labute approximate surface area is 176 Å². The molecule has 0 saturated heterocycles. The first-order chi connectivity index (χ1) is 13.8. The predicted octanol–water partition coefficient (Wildman–Crippen LogP) is 6.71. The first kappa shape index (κ1) is 20.9. The smallest absolute Gasteiger partial charge is 0.337 e. The molecule has 0 unspecified atom stereocenters. The second-order valence-corrected chi connectivity index (χ2v) is 7.70. The zero-order valence-electron chi connectivity index (χ0n) is 17.1. The quantitative estimate of drug-likeness (QED) is 0.461. The molecule has 0 amide bonds. The Morgan fingerprint density at radius 1 is 1.17 bits per heavy atom. The molecule has 0 aliphatic heterocycles. The van der Waals surface area contributed by atoms with Crippen molar-refractivity contribution in [2.45, 2.75) is 40.0 Å². The normalized spacial score (nSPS) is 12.4. The summed E-state index contributed by atoms with van der Waals surface area (Å²) in [6.07, 6.45) is 2.98. The van der Waals surface area contributed by atoms with Crippen molar-refractivity contribution in [1.29, 1.82) is 0 Å². The lowest BCUT2D eigenvalue weighted by Gasteiger charge is -2.11. The molecular weight excluding hydrogens is 384 g/mol. The number of hydrogen-bond acceptors (Lipinski definition) is 2. The number of aromatic nitrogens is 1. The van der Waals surface area contributed by atoms with Gasteiger partial charge in [-0.1, -0.05) is 37.6 Å². The van der Waals surface area contributed by atoms with Crippen LogP contribution in [0, 0.1) is 13.8 Å². The van der Waals surface area contributed by atoms with E-state index in [4.69, 9.17) is 11.6 Å². The molecule has 5 heteroatoms. The highest BCUT2D eigenvalue weighted by atomic mass is 35.5. The van der Waals surface area contributed by atoms with Crippen molar-refractivity contribution in [2.24, 2.45) is 4.99 Å². The molecule has 0 saturated carbocycles. The van der Waals surface area contributed by atoms with Gasteiger partial charge in [0.05, 0.1) is 16.3 Å². The predicted molar refractivity (Wildman–Crippen MR) is 120 cm³/mol. The maximum absolute atomic E-state index is 11.2. The van der Waals surface area contributed by atoms with Crippen LogP contribution in [0.1, 0.15) is 59.1 Å². The number of halogens is 1. The number of carbonyl (C=O) groups is 1. The maximum atomic E-state index is 11.2. The number of carboxylic acids is 1. The van der Waals surface area contributed by atoms with E-state index in [0.717, 1.165) is 34.7 Å². The Morgan fingerprint density at radius 3 is 2.45 bits per heavy atom. The first-order valence-electron chi connectivity index (χ1n) is 9.68. The molecule has 1 atom stereocenters. The Hall–Kier alpha value is -2.85. The number of hydrogen-bond donors (Lipinski definition) is 1. The molecular formula is C24H25ClN2O2. The molecule has 1 N–H and O–H groups in total. The molecule has 4 nitrogen and oxygen atoms in total. The number of aromatic carboxylic acids is 1. The second-order valence-electron chi connectivity index (χ2n) is 7.29. The van der Waals surface area contributed by atoms with Crippen LogP contribution < -0.4 is 0 Å². The van der Waals surface area contributed by atoms with E-state index in [-0.39, 0.29) is 10.6 Å². The van der Waals surface area contributed by atoms with E-state index >= 15 is 0 Å². The molecule has 1 aromatic heterocycles. The van der Waals surface area contributed by atoms with Crippen molar-refractivity contribution in [3.8, 4) is 5.69 Å². The fourth-order valence-corrected chi connectivity index (χ4v) is 3.66. The molecule has 0 aliphatic carbocycles. The van der Waals surface area contributed by atoms with Crippen LogP contribution in [-0.2, 0) is 0 Å². The third-order valence-corrected chi connectivity index (χ3v) is 5.65. The molecule has 0 fully saturated rings. The maximum Gasteiger partial charge on any atom is 0.337 e. The minimum Gasteiger partial charge on any atom is -0.478 e. The number of rotatable bonds is 6. The summed E-state index contributed by atoms with van der Waals surface area (Å²) in [5, 5.41) is 9.39. The van der Waals surface area contributed by atoms with E-state index < -0.39 is 5.97 Å². The molecule has 2 aromatic carbocycles. The lowest BCUT2D eigenvalue weighted by molar-refractivity contribution is 0.0697. The average Bonchev–Trinajstić information content (AvgIpc) is 2.99. The summed E-state index contributed by atoms with van der Waals surface area (Å²) in [5.74, 6) is -0.485. The zero-order chi connectivity index (χ0) is 21.1. The van der Waals surface area contributed by atoms with E-state index in [9.17, 15) is 9.90 Å². The van der Waals surface area contributed by atoms with Gasteiger partial charge in [0.2, 0.25) is 0 Å². The van der Waals surface area contributed by atoms with Gasteiger partial charge < -0.3 is 9.67 Å². The van der Waals surface area contributed by atoms with Gasteiger partial charge in [-0.3, -0.25) is 4.99 Å². The van der Waals surface area contributed by atoms with Crippen LogP contribution in [-0.4, -0.2) is 21.9 Å². The molecule has 1 heterocycles. The molecule has 3 aromatic rings. The summed E-state index contributed by atoms with van der Waals surface area (Å²) >= 11 is 6.15. The van der Waals surface area contributed by atoms with Crippen LogP contribution in [0.4, 0.5) is 5.69 Å². The third-order valence-electron chi connectivity index (χ3n) is 5.34. The highest BCUT2D eigenvalue weighted by Crippen LogP contribution is 2.26. The summed E-state index contributed by atoms with van der Waals surface area (Å²) in [5.41, 5.74) is 6.21. The lowest BCUT2D eigenvalue weighted by atomic mass is 9.99. The van der Waals surface area contributed by atoms with Crippen molar-refractivity contribution in [3.05, 3.63) is 81.6 Å². The summed E-state index contributed by atoms with van der Waals surface area (Å²) in [6.45, 7) is 8.43. The molecule has 0 aliphatic rings. The Kier molecular flexibility index (Phi) is 6.23. The van der Waals surface area contributed by atoms with E-state index in [1.807, 2.05) is 36.8 Å². The Bertz CT molecular complexity index is 1070. The van der Waals surface area contributed by atoms with Gasteiger partial charge in [-0.15, -0.1) is 0 Å². The van der Waals surface area contributed by atoms with Gasteiger partial charge in [0.15, 0.2) is 0 Å². The Morgan fingerprint density at radius 2 is 1.86 bits per heavy atom. The number of nitrogens with zero attached hydrogens (tertiary/aromatic N) is 2. The largest absolute Gasteiger partial charge is 0.478 e. The fraction of sp³-hybridized carbons (Fsp3) is 0.250. The van der Waals surface area contributed by atoms with Crippen LogP contribution in [0.25, 0.3) is 5.69 Å². The van der Waals surface area contributed by atoms with Gasteiger partial charge in [0.1, 0.15) is 0 Å². The molecule has 29 heavy (non-hydrogen) atoms. The van der Waals surface area contributed by atoms with Gasteiger partial charge in [0, 0.05) is 28.9 Å². The summed E-state index contributed by atoms with van der Waals surface area (Å²) in [4.78, 5) is 15.8. The summed E-state index contributed by atoms with van der Waals surface area (Å²) < 4.78 is 2.05. The fourth-order valence-electron chi connectivity index (χ4n) is 3.40. The van der Waals surface area contributed by atoms with Crippen LogP contribution in [0.3, 0.4) is 0 Å². The van der Waals surface area contributed by atoms with Crippen molar-refractivity contribution in [3.63, 3.8) is 0 Å². The van der Waals surface area contributed by atoms with Crippen molar-refractivity contribution in [2.75, 3.05) is 0 Å². The number of aryl methyl sites for hydroxylation is 1. The standard InChI is InChI=1S/C24H25ClN2O2/c1-5-15(2)18-6-8-20(9-7-18)26-14-19-12-16(3)27(17(19)4)21-10-11-22(24(28)29)23(25)13-21/h6-15H,5H2,1-4H3,(H,28,29)/t15-/m0/s1. The number of carboxylic acid groups (broad SMARTS) is 1. The second kappa shape index (κ2) is 8.66. The molecule has 0 spiro atoms. The van der Waals surface area contributed by atoms with Crippen molar-refractivity contribution in [1.82, 2.24) is 4.57 Å². The SMILES string of the molecule is CC[C@H](C)c1ccc(N=Cc2cc(C)n(-c3ccc(C(=O)O)c(Cl)c3)c2C)cc1. The highest BCUT2D eigenvalue weighted by molar-refractivity contribution is 6.33. The van der Waals surface area contributed by atoms with E-state index in [2.05, 4.69) is 37.0 Å². The van der Waals surface area contributed by atoms with Gasteiger partial charge in [-0.25, -0.2) is 4.79 Å². The third kappa shape index (κ3) is 4.43. The summed E-state index contributed by atoms with van der Waals surface area (Å²) in [6, 6.07) is 15.4.